The molecule has 2 aromatic carbocycles. The Kier molecular flexibility index (Phi) is 6.95. The maximum atomic E-state index is 13.4. The fourth-order valence-electron chi connectivity index (χ4n) is 3.36. The van der Waals surface area contributed by atoms with E-state index >= 15 is 0 Å². The molecule has 8 heteroatoms. The number of esters is 1. The first-order valence-corrected chi connectivity index (χ1v) is 11.4. The van der Waals surface area contributed by atoms with Gasteiger partial charge < -0.3 is 4.74 Å². The normalized spacial score (nSPS) is 10.7. The van der Waals surface area contributed by atoms with E-state index in [4.69, 9.17) is 4.74 Å². The zero-order valence-electron chi connectivity index (χ0n) is 18.5. The lowest BCUT2D eigenvalue weighted by Crippen LogP contribution is -2.31. The van der Waals surface area contributed by atoms with Crippen LogP contribution in [0.25, 0.3) is 5.69 Å². The highest BCUT2D eigenvalue weighted by Crippen LogP contribution is 2.29. The fourth-order valence-corrected chi connectivity index (χ4v) is 4.33. The highest BCUT2D eigenvalue weighted by atomic mass is 32.1. The molecule has 0 N–H and O–H groups in total. The number of aryl methyl sites for hydroxylation is 1. The van der Waals surface area contributed by atoms with Crippen LogP contribution in [0.15, 0.2) is 73.1 Å². The Labute approximate surface area is 196 Å². The van der Waals surface area contributed by atoms with Crippen molar-refractivity contribution < 1.29 is 14.3 Å². The third-order valence-corrected chi connectivity index (χ3v) is 6.13. The summed E-state index contributed by atoms with van der Waals surface area (Å²) in [4.78, 5) is 32.3. The van der Waals surface area contributed by atoms with E-state index in [1.54, 1.807) is 29.6 Å². The SMILES string of the molecule is CCOC(=O)c1sc(N(Cc2ccccc2)C(=O)Cc2cnn(-c3ccccc3)c2)nc1C. The second-order valence-electron chi connectivity index (χ2n) is 7.40. The van der Waals surface area contributed by atoms with Gasteiger partial charge in [0.2, 0.25) is 5.91 Å². The van der Waals surface area contributed by atoms with Crippen LogP contribution in [0.3, 0.4) is 0 Å². The summed E-state index contributed by atoms with van der Waals surface area (Å²) in [6, 6.07) is 19.4. The van der Waals surface area contributed by atoms with Crippen molar-refractivity contribution in [3.8, 4) is 5.69 Å². The number of para-hydroxylation sites is 1. The van der Waals surface area contributed by atoms with Crippen molar-refractivity contribution in [1.29, 1.82) is 0 Å². The van der Waals surface area contributed by atoms with Crippen LogP contribution in [0.2, 0.25) is 0 Å². The second-order valence-corrected chi connectivity index (χ2v) is 8.38. The van der Waals surface area contributed by atoms with Gasteiger partial charge in [0.05, 0.1) is 37.2 Å². The summed E-state index contributed by atoms with van der Waals surface area (Å²) in [7, 11) is 0. The summed E-state index contributed by atoms with van der Waals surface area (Å²) in [5.41, 5.74) is 3.24. The lowest BCUT2D eigenvalue weighted by Gasteiger charge is -2.20. The second kappa shape index (κ2) is 10.2. The number of hydrogen-bond donors (Lipinski definition) is 0. The number of hydrogen-bond acceptors (Lipinski definition) is 6. The Bertz CT molecular complexity index is 1240. The molecule has 4 rings (SSSR count). The zero-order valence-corrected chi connectivity index (χ0v) is 19.3. The van der Waals surface area contributed by atoms with Gasteiger partial charge >= 0.3 is 5.97 Å². The van der Waals surface area contributed by atoms with Crippen LogP contribution in [0.4, 0.5) is 5.13 Å². The van der Waals surface area contributed by atoms with Crippen molar-refractivity contribution in [2.75, 3.05) is 11.5 Å². The van der Waals surface area contributed by atoms with Crippen molar-refractivity contribution in [2.24, 2.45) is 0 Å². The van der Waals surface area contributed by atoms with Gasteiger partial charge in [-0.05, 0) is 37.1 Å². The summed E-state index contributed by atoms with van der Waals surface area (Å²) in [6.45, 7) is 4.14. The molecule has 0 aliphatic carbocycles. The Hall–Kier alpha value is -3.78. The van der Waals surface area contributed by atoms with E-state index < -0.39 is 5.97 Å². The van der Waals surface area contributed by atoms with Crippen LogP contribution in [0.1, 0.15) is 33.4 Å². The molecule has 0 atom stereocenters. The van der Waals surface area contributed by atoms with Crippen molar-refractivity contribution in [3.05, 3.63) is 94.8 Å². The first kappa shape index (κ1) is 22.4. The van der Waals surface area contributed by atoms with Gasteiger partial charge in [0, 0.05) is 6.20 Å². The molecule has 0 unspecified atom stereocenters. The fraction of sp³-hybridized carbons (Fsp3) is 0.200. The minimum Gasteiger partial charge on any atom is -0.462 e. The number of nitrogens with zero attached hydrogens (tertiary/aromatic N) is 4. The molecular formula is C25H24N4O3S. The van der Waals surface area contributed by atoms with Crippen LogP contribution >= 0.6 is 11.3 Å². The number of ether oxygens (including phenoxy) is 1. The number of carbonyl (C=O) groups excluding carboxylic acids is 2. The maximum absolute atomic E-state index is 13.4. The highest BCUT2D eigenvalue weighted by Gasteiger charge is 2.24. The maximum Gasteiger partial charge on any atom is 0.350 e. The summed E-state index contributed by atoms with van der Waals surface area (Å²) in [5.74, 6) is -0.550. The molecule has 0 fully saturated rings. The zero-order chi connectivity index (χ0) is 23.2. The number of rotatable bonds is 8. The quantitative estimate of drug-likeness (QED) is 0.360. The van der Waals surface area contributed by atoms with Gasteiger partial charge in [-0.2, -0.15) is 5.10 Å². The molecule has 168 valence electrons. The van der Waals surface area contributed by atoms with Crippen molar-refractivity contribution >= 4 is 28.3 Å². The molecular weight excluding hydrogens is 436 g/mol. The smallest absolute Gasteiger partial charge is 0.350 e. The molecule has 0 saturated heterocycles. The Morgan fingerprint density at radius 1 is 1.03 bits per heavy atom. The van der Waals surface area contributed by atoms with Gasteiger partial charge in [0.25, 0.3) is 0 Å². The van der Waals surface area contributed by atoms with Crippen LogP contribution < -0.4 is 4.90 Å². The first-order valence-electron chi connectivity index (χ1n) is 10.6. The molecule has 1 amide bonds. The average Bonchev–Trinajstić information content (AvgIpc) is 3.45. The van der Waals surface area contributed by atoms with Crippen molar-refractivity contribution in [1.82, 2.24) is 14.8 Å². The van der Waals surface area contributed by atoms with E-state index in [2.05, 4.69) is 10.1 Å². The molecule has 33 heavy (non-hydrogen) atoms. The Morgan fingerprint density at radius 2 is 1.73 bits per heavy atom. The number of carbonyl (C=O) groups is 2. The molecule has 0 aliphatic heterocycles. The molecule has 2 aromatic heterocycles. The third kappa shape index (κ3) is 5.35. The number of aromatic nitrogens is 3. The Morgan fingerprint density at radius 3 is 2.42 bits per heavy atom. The largest absolute Gasteiger partial charge is 0.462 e. The first-order chi connectivity index (χ1) is 16.0. The molecule has 0 bridgehead atoms. The number of thiazole rings is 1. The van der Waals surface area contributed by atoms with Gasteiger partial charge in [-0.1, -0.05) is 59.9 Å². The minimum atomic E-state index is -0.421. The Balaban J connectivity index is 1.60. The lowest BCUT2D eigenvalue weighted by molar-refractivity contribution is -0.118. The molecule has 0 spiro atoms. The number of amides is 1. The van der Waals surface area contributed by atoms with E-state index in [0.29, 0.717) is 22.2 Å². The topological polar surface area (TPSA) is 77.3 Å². The van der Waals surface area contributed by atoms with Crippen molar-refractivity contribution in [3.63, 3.8) is 0 Å². The van der Waals surface area contributed by atoms with E-state index in [1.165, 1.54) is 11.3 Å². The average molecular weight is 461 g/mol. The van der Waals surface area contributed by atoms with Crippen LogP contribution in [-0.2, 0) is 22.5 Å². The molecule has 0 aliphatic rings. The standard InChI is InChI=1S/C25H24N4O3S/c1-3-32-24(31)23-18(2)27-25(33-23)28(16-19-10-6-4-7-11-19)22(30)14-20-15-26-29(17-20)21-12-8-5-9-13-21/h4-13,15,17H,3,14,16H2,1-2H3. The molecule has 2 heterocycles. The summed E-state index contributed by atoms with van der Waals surface area (Å²) >= 11 is 1.17. The predicted molar refractivity (Wildman–Crippen MR) is 128 cm³/mol. The van der Waals surface area contributed by atoms with E-state index in [1.807, 2.05) is 66.9 Å². The predicted octanol–water partition coefficient (Wildman–Crippen LogP) is 4.59. The summed E-state index contributed by atoms with van der Waals surface area (Å²) in [5, 5.41) is 4.86. The van der Waals surface area contributed by atoms with Gasteiger partial charge in [-0.3, -0.25) is 9.69 Å². The van der Waals surface area contributed by atoms with E-state index in [9.17, 15) is 9.59 Å². The van der Waals surface area contributed by atoms with Crippen LogP contribution in [0.5, 0.6) is 0 Å². The van der Waals surface area contributed by atoms with E-state index in [-0.39, 0.29) is 18.9 Å². The lowest BCUT2D eigenvalue weighted by atomic mass is 10.2. The molecule has 4 aromatic rings. The molecule has 0 saturated carbocycles. The van der Waals surface area contributed by atoms with E-state index in [0.717, 1.165) is 16.8 Å². The number of benzene rings is 2. The van der Waals surface area contributed by atoms with Crippen LogP contribution in [-0.4, -0.2) is 33.2 Å². The van der Waals surface area contributed by atoms with Crippen LogP contribution in [0, 0.1) is 6.92 Å². The van der Waals surface area contributed by atoms with Crippen molar-refractivity contribution in [2.45, 2.75) is 26.8 Å². The summed E-state index contributed by atoms with van der Waals surface area (Å²) in [6.07, 6.45) is 3.71. The highest BCUT2D eigenvalue weighted by molar-refractivity contribution is 7.17. The van der Waals surface area contributed by atoms with Gasteiger partial charge in [0.15, 0.2) is 5.13 Å². The van der Waals surface area contributed by atoms with Gasteiger partial charge in [-0.15, -0.1) is 0 Å². The minimum absolute atomic E-state index is 0.129. The summed E-state index contributed by atoms with van der Waals surface area (Å²) < 4.78 is 6.88. The third-order valence-electron chi connectivity index (χ3n) is 4.97. The monoisotopic (exact) mass is 460 g/mol. The van der Waals surface area contributed by atoms with Gasteiger partial charge in [0.1, 0.15) is 4.88 Å². The number of anilines is 1. The van der Waals surface area contributed by atoms with Gasteiger partial charge in [-0.25, -0.2) is 14.5 Å². The molecule has 7 nitrogen and oxygen atoms in total. The molecule has 0 radical (unpaired) electrons.